The van der Waals surface area contributed by atoms with Crippen molar-refractivity contribution in [3.8, 4) is 5.75 Å². The zero-order valence-corrected chi connectivity index (χ0v) is 10.9. The van der Waals surface area contributed by atoms with Gasteiger partial charge in [0.1, 0.15) is 11.6 Å². The summed E-state index contributed by atoms with van der Waals surface area (Å²) in [5.74, 6) is 0.244. The van der Waals surface area contributed by atoms with E-state index in [0.29, 0.717) is 17.9 Å². The summed E-state index contributed by atoms with van der Waals surface area (Å²) in [7, 11) is 1.57. The van der Waals surface area contributed by atoms with E-state index in [9.17, 15) is 4.39 Å². The highest BCUT2D eigenvalue weighted by Crippen LogP contribution is 2.30. The predicted octanol–water partition coefficient (Wildman–Crippen LogP) is 2.24. The van der Waals surface area contributed by atoms with Crippen LogP contribution in [0.2, 0.25) is 0 Å². The number of rotatable bonds is 4. The second-order valence-electron chi connectivity index (χ2n) is 4.30. The lowest BCUT2D eigenvalue weighted by molar-refractivity contribution is 0.408. The quantitative estimate of drug-likeness (QED) is 0.916. The fourth-order valence-corrected chi connectivity index (χ4v) is 1.95. The molecule has 0 amide bonds. The monoisotopic (exact) mass is 261 g/mol. The van der Waals surface area contributed by atoms with Gasteiger partial charge in [-0.2, -0.15) is 0 Å². The Morgan fingerprint density at radius 1 is 1.32 bits per heavy atom. The predicted molar refractivity (Wildman–Crippen MR) is 70.2 cm³/mol. The average molecular weight is 261 g/mol. The van der Waals surface area contributed by atoms with Crippen LogP contribution >= 0.6 is 0 Å². The molecule has 2 aromatic heterocycles. The number of nitrogens with two attached hydrogens (primary N) is 1. The molecule has 0 aliphatic rings. The zero-order valence-electron chi connectivity index (χ0n) is 10.9. The highest BCUT2D eigenvalue weighted by molar-refractivity contribution is 5.36. The Bertz CT molecular complexity index is 559. The van der Waals surface area contributed by atoms with Crippen LogP contribution in [0.1, 0.15) is 24.6 Å². The maximum absolute atomic E-state index is 13.0. The molecule has 2 N–H and O–H groups in total. The molecule has 0 fully saturated rings. The summed E-state index contributed by atoms with van der Waals surface area (Å²) in [5, 5.41) is 0. The average Bonchev–Trinajstić information content (AvgIpc) is 2.47. The number of hydrogen-bond donors (Lipinski definition) is 1. The lowest BCUT2D eigenvalue weighted by atomic mass is 9.85. The Labute approximate surface area is 111 Å². The SMILES string of the molecule is CCC(N)(c1cncc(OC)c1)c1ccc(F)cn1. The first-order chi connectivity index (χ1) is 9.10. The third kappa shape index (κ3) is 2.56. The molecule has 1 atom stereocenters. The van der Waals surface area contributed by atoms with Gasteiger partial charge in [-0.05, 0) is 30.2 Å². The number of ether oxygens (including phenoxy) is 1. The molecule has 0 aliphatic carbocycles. The third-order valence-corrected chi connectivity index (χ3v) is 3.21. The Morgan fingerprint density at radius 3 is 2.68 bits per heavy atom. The van der Waals surface area contributed by atoms with E-state index in [-0.39, 0.29) is 5.82 Å². The van der Waals surface area contributed by atoms with Crippen LogP contribution in [0.25, 0.3) is 0 Å². The summed E-state index contributed by atoms with van der Waals surface area (Å²) in [6.45, 7) is 1.95. The van der Waals surface area contributed by atoms with Crippen molar-refractivity contribution in [3.63, 3.8) is 0 Å². The van der Waals surface area contributed by atoms with Crippen molar-refractivity contribution in [1.29, 1.82) is 0 Å². The Morgan fingerprint density at radius 2 is 2.11 bits per heavy atom. The van der Waals surface area contributed by atoms with Crippen molar-refractivity contribution >= 4 is 0 Å². The maximum atomic E-state index is 13.0. The largest absolute Gasteiger partial charge is 0.495 e. The van der Waals surface area contributed by atoms with E-state index in [1.165, 1.54) is 12.3 Å². The van der Waals surface area contributed by atoms with Gasteiger partial charge in [0.25, 0.3) is 0 Å². The van der Waals surface area contributed by atoms with E-state index < -0.39 is 5.54 Å². The molecule has 4 nitrogen and oxygen atoms in total. The first kappa shape index (κ1) is 13.4. The summed E-state index contributed by atoms with van der Waals surface area (Å²) >= 11 is 0. The van der Waals surface area contributed by atoms with Crippen LogP contribution in [0.5, 0.6) is 5.75 Å². The molecule has 0 aliphatic heterocycles. The minimum absolute atomic E-state index is 0.383. The van der Waals surface area contributed by atoms with Crippen molar-refractivity contribution in [3.05, 3.63) is 53.9 Å². The normalized spacial score (nSPS) is 13.9. The van der Waals surface area contributed by atoms with Gasteiger partial charge in [-0.1, -0.05) is 6.92 Å². The molecular weight excluding hydrogens is 245 g/mol. The maximum Gasteiger partial charge on any atom is 0.141 e. The molecule has 0 saturated carbocycles. The Hall–Kier alpha value is -2.01. The van der Waals surface area contributed by atoms with Crippen LogP contribution in [0, 0.1) is 5.82 Å². The fourth-order valence-electron chi connectivity index (χ4n) is 1.95. The van der Waals surface area contributed by atoms with E-state index in [1.54, 1.807) is 25.6 Å². The van der Waals surface area contributed by atoms with Gasteiger partial charge in [0.15, 0.2) is 0 Å². The number of pyridine rings is 2. The molecule has 5 heteroatoms. The van der Waals surface area contributed by atoms with Crippen molar-refractivity contribution < 1.29 is 9.13 Å². The molecule has 19 heavy (non-hydrogen) atoms. The molecule has 0 bridgehead atoms. The molecule has 2 aromatic rings. The van der Waals surface area contributed by atoms with Gasteiger partial charge in [0, 0.05) is 6.20 Å². The Balaban J connectivity index is 2.49. The van der Waals surface area contributed by atoms with E-state index in [2.05, 4.69) is 9.97 Å². The molecule has 0 radical (unpaired) electrons. The van der Waals surface area contributed by atoms with Crippen LogP contribution in [0.3, 0.4) is 0 Å². The van der Waals surface area contributed by atoms with E-state index >= 15 is 0 Å². The first-order valence-corrected chi connectivity index (χ1v) is 6.00. The lowest BCUT2D eigenvalue weighted by Gasteiger charge is -2.28. The highest BCUT2D eigenvalue weighted by atomic mass is 19.1. The second kappa shape index (κ2) is 5.32. The topological polar surface area (TPSA) is 61.0 Å². The fraction of sp³-hybridized carbons (Fsp3) is 0.286. The molecule has 1 unspecified atom stereocenters. The minimum atomic E-state index is -0.810. The molecule has 0 aromatic carbocycles. The van der Waals surface area contributed by atoms with Crippen molar-refractivity contribution in [2.75, 3.05) is 7.11 Å². The molecule has 100 valence electrons. The van der Waals surface area contributed by atoms with Gasteiger partial charge in [-0.25, -0.2) is 4.39 Å². The second-order valence-corrected chi connectivity index (χ2v) is 4.30. The van der Waals surface area contributed by atoms with Crippen LogP contribution in [0.15, 0.2) is 36.8 Å². The van der Waals surface area contributed by atoms with Crippen LogP contribution in [0.4, 0.5) is 4.39 Å². The Kier molecular flexibility index (Phi) is 3.76. The third-order valence-electron chi connectivity index (χ3n) is 3.21. The van der Waals surface area contributed by atoms with Crippen molar-refractivity contribution in [1.82, 2.24) is 9.97 Å². The van der Waals surface area contributed by atoms with Gasteiger partial charge < -0.3 is 10.5 Å². The van der Waals surface area contributed by atoms with E-state index in [4.69, 9.17) is 10.5 Å². The van der Waals surface area contributed by atoms with Gasteiger partial charge >= 0.3 is 0 Å². The number of hydrogen-bond acceptors (Lipinski definition) is 4. The number of nitrogens with zero attached hydrogens (tertiary/aromatic N) is 2. The summed E-state index contributed by atoms with van der Waals surface area (Å²) in [6.07, 6.45) is 5.06. The number of methoxy groups -OCH3 is 1. The van der Waals surface area contributed by atoms with Crippen molar-refractivity contribution in [2.24, 2.45) is 5.73 Å². The molecule has 0 saturated heterocycles. The summed E-state index contributed by atoms with van der Waals surface area (Å²) < 4.78 is 18.1. The number of halogens is 1. The molecule has 2 rings (SSSR count). The van der Waals surface area contributed by atoms with Crippen LogP contribution < -0.4 is 10.5 Å². The van der Waals surface area contributed by atoms with Gasteiger partial charge in [0.05, 0.1) is 30.7 Å². The standard InChI is InChI=1S/C14H16FN3O/c1-3-14(16,13-5-4-11(15)8-18-13)10-6-12(19-2)9-17-7-10/h4-9H,3,16H2,1-2H3. The zero-order chi connectivity index (χ0) is 13.9. The van der Waals surface area contributed by atoms with Gasteiger partial charge in [-0.15, -0.1) is 0 Å². The minimum Gasteiger partial charge on any atom is -0.495 e. The van der Waals surface area contributed by atoms with Crippen molar-refractivity contribution in [2.45, 2.75) is 18.9 Å². The van der Waals surface area contributed by atoms with Gasteiger partial charge in [-0.3, -0.25) is 9.97 Å². The summed E-state index contributed by atoms with van der Waals surface area (Å²) in [5.41, 5.74) is 7.01. The molecule has 2 heterocycles. The summed E-state index contributed by atoms with van der Waals surface area (Å²) in [6, 6.07) is 4.77. The first-order valence-electron chi connectivity index (χ1n) is 6.00. The van der Waals surface area contributed by atoms with E-state index in [0.717, 1.165) is 5.56 Å². The number of aromatic nitrogens is 2. The van der Waals surface area contributed by atoms with E-state index in [1.807, 2.05) is 13.0 Å². The summed E-state index contributed by atoms with van der Waals surface area (Å²) in [4.78, 5) is 8.19. The van der Waals surface area contributed by atoms with Gasteiger partial charge in [0.2, 0.25) is 0 Å². The molecule has 0 spiro atoms. The lowest BCUT2D eigenvalue weighted by Crippen LogP contribution is -2.38. The smallest absolute Gasteiger partial charge is 0.141 e. The molecular formula is C14H16FN3O. The van der Waals surface area contributed by atoms with Crippen LogP contribution in [-0.4, -0.2) is 17.1 Å². The highest BCUT2D eigenvalue weighted by Gasteiger charge is 2.30. The van der Waals surface area contributed by atoms with Crippen LogP contribution in [-0.2, 0) is 5.54 Å².